The lowest BCUT2D eigenvalue weighted by Crippen LogP contribution is -2.18. The van der Waals surface area contributed by atoms with Gasteiger partial charge in [-0.3, -0.25) is 9.59 Å². The summed E-state index contributed by atoms with van der Waals surface area (Å²) in [5, 5.41) is 8.76. The first kappa shape index (κ1) is 40.4. The quantitative estimate of drug-likeness (QED) is 0.0509. The molecule has 0 aromatic heterocycles. The van der Waals surface area contributed by atoms with E-state index in [9.17, 15) is 9.59 Å². The summed E-state index contributed by atoms with van der Waals surface area (Å²) < 4.78 is 5.89. The summed E-state index contributed by atoms with van der Waals surface area (Å²) in [6.07, 6.45) is 47.8. The van der Waals surface area contributed by atoms with Gasteiger partial charge in [0, 0.05) is 12.8 Å². The summed E-state index contributed by atoms with van der Waals surface area (Å²) in [5.74, 6) is -0.799. The van der Waals surface area contributed by atoms with Gasteiger partial charge >= 0.3 is 11.9 Å². The molecule has 4 heteroatoms. The van der Waals surface area contributed by atoms with Gasteiger partial charge < -0.3 is 9.84 Å². The monoisotopic (exact) mass is 596 g/mol. The molecule has 0 heterocycles. The number of carboxylic acids is 1. The average Bonchev–Trinajstić information content (AvgIpc) is 2.99. The molecule has 244 valence electrons. The van der Waals surface area contributed by atoms with Crippen LogP contribution in [0.15, 0.2) is 72.9 Å². The number of rotatable bonds is 30. The Morgan fingerprint density at radius 1 is 0.535 bits per heavy atom. The molecule has 0 amide bonds. The maximum Gasteiger partial charge on any atom is 0.306 e. The standard InChI is InChI=1S/C39H64O4/c1-3-5-7-9-11-12-13-14-15-16-17-18-19-20-21-22-23-28-32-36-39(42)43-37(33-29-25-10-8-6-4-2)34-30-26-24-27-31-35-38(40)41/h5,7,11-12,14-15,17-18,20-21,23,28,37H,3-4,6,8-10,13,16,19,22,24-27,29-36H2,1-2H3,(H,40,41)/b7-5-,12-11-,15-14-,18-17-,21-20-,28-23-. The Kier molecular flexibility index (Phi) is 31.8. The molecule has 1 unspecified atom stereocenters. The van der Waals surface area contributed by atoms with Gasteiger partial charge in [-0.2, -0.15) is 0 Å². The SMILES string of the molecule is CC/C=C\C/C=C\C/C=C\C/C=C\C/C=C\C/C=C\CCC(=O)OC(CCCCCCCC)CCCCCCCC(=O)O. The molecule has 43 heavy (non-hydrogen) atoms. The number of aliphatic carboxylic acids is 1. The third-order valence-electron chi connectivity index (χ3n) is 7.21. The average molecular weight is 597 g/mol. The van der Waals surface area contributed by atoms with Crippen LogP contribution in [0.2, 0.25) is 0 Å². The topological polar surface area (TPSA) is 63.6 Å². The highest BCUT2D eigenvalue weighted by Gasteiger charge is 2.14. The molecule has 0 aromatic carbocycles. The fraction of sp³-hybridized carbons (Fsp3) is 0.641. The molecule has 4 nitrogen and oxygen atoms in total. The Bertz CT molecular complexity index is 815. The van der Waals surface area contributed by atoms with Crippen LogP contribution in [0.4, 0.5) is 0 Å². The summed E-state index contributed by atoms with van der Waals surface area (Å²) in [7, 11) is 0. The third-order valence-corrected chi connectivity index (χ3v) is 7.21. The highest BCUT2D eigenvalue weighted by atomic mass is 16.5. The summed E-state index contributed by atoms with van der Waals surface area (Å²) in [4.78, 5) is 23.2. The van der Waals surface area contributed by atoms with Crippen LogP contribution in [0.3, 0.4) is 0 Å². The van der Waals surface area contributed by atoms with Crippen molar-refractivity contribution in [3.8, 4) is 0 Å². The number of hydrogen-bond acceptors (Lipinski definition) is 3. The number of ether oxygens (including phenoxy) is 1. The van der Waals surface area contributed by atoms with Crippen LogP contribution in [0.5, 0.6) is 0 Å². The zero-order chi connectivity index (χ0) is 31.5. The molecular formula is C39H64O4. The van der Waals surface area contributed by atoms with Crippen molar-refractivity contribution in [1.82, 2.24) is 0 Å². The second-order valence-corrected chi connectivity index (χ2v) is 11.3. The molecule has 0 saturated heterocycles. The van der Waals surface area contributed by atoms with E-state index in [1.54, 1.807) is 0 Å². The summed E-state index contributed by atoms with van der Waals surface area (Å²) >= 11 is 0. The van der Waals surface area contributed by atoms with E-state index in [-0.39, 0.29) is 18.5 Å². The van der Waals surface area contributed by atoms with Gasteiger partial charge in [0.2, 0.25) is 0 Å². The lowest BCUT2D eigenvalue weighted by molar-refractivity contribution is -0.149. The first-order valence-electron chi connectivity index (χ1n) is 17.4. The molecule has 0 aliphatic carbocycles. The zero-order valence-electron chi connectivity index (χ0n) is 27.7. The smallest absolute Gasteiger partial charge is 0.306 e. The fourth-order valence-corrected chi connectivity index (χ4v) is 4.68. The van der Waals surface area contributed by atoms with Crippen molar-refractivity contribution in [1.29, 1.82) is 0 Å². The van der Waals surface area contributed by atoms with Crippen LogP contribution < -0.4 is 0 Å². The van der Waals surface area contributed by atoms with Gasteiger partial charge in [0.05, 0.1) is 0 Å². The third kappa shape index (κ3) is 33.7. The van der Waals surface area contributed by atoms with E-state index in [0.29, 0.717) is 6.42 Å². The summed E-state index contributed by atoms with van der Waals surface area (Å²) in [6.45, 7) is 4.39. The van der Waals surface area contributed by atoms with E-state index in [2.05, 4.69) is 86.8 Å². The van der Waals surface area contributed by atoms with Gasteiger partial charge in [-0.05, 0) is 77.0 Å². The van der Waals surface area contributed by atoms with Gasteiger partial charge in [0.1, 0.15) is 6.10 Å². The van der Waals surface area contributed by atoms with Crippen LogP contribution in [0.1, 0.15) is 155 Å². The normalized spacial score (nSPS) is 13.2. The second kappa shape index (κ2) is 33.9. The maximum absolute atomic E-state index is 12.5. The van der Waals surface area contributed by atoms with Crippen LogP contribution >= 0.6 is 0 Å². The predicted molar refractivity (Wildman–Crippen MR) is 185 cm³/mol. The fourth-order valence-electron chi connectivity index (χ4n) is 4.68. The van der Waals surface area contributed by atoms with Gasteiger partial charge in [0.15, 0.2) is 0 Å². The Labute approximate surface area is 265 Å². The number of carbonyl (C=O) groups is 2. The molecule has 0 aliphatic rings. The number of esters is 1. The number of carbonyl (C=O) groups excluding carboxylic acids is 1. The van der Waals surface area contributed by atoms with Crippen LogP contribution in [0, 0.1) is 0 Å². The number of carboxylic acid groups (broad SMARTS) is 1. The molecular weight excluding hydrogens is 532 g/mol. The van der Waals surface area contributed by atoms with E-state index in [1.165, 1.54) is 32.1 Å². The van der Waals surface area contributed by atoms with Crippen molar-refractivity contribution in [2.45, 2.75) is 161 Å². The molecule has 0 rings (SSSR count). The van der Waals surface area contributed by atoms with E-state index in [1.807, 2.05) is 0 Å². The molecule has 0 spiro atoms. The van der Waals surface area contributed by atoms with Crippen molar-refractivity contribution >= 4 is 11.9 Å². The Morgan fingerprint density at radius 3 is 1.42 bits per heavy atom. The Morgan fingerprint density at radius 2 is 0.953 bits per heavy atom. The minimum absolute atomic E-state index is 0.0166. The van der Waals surface area contributed by atoms with Crippen LogP contribution in [-0.2, 0) is 14.3 Å². The minimum Gasteiger partial charge on any atom is -0.481 e. The lowest BCUT2D eigenvalue weighted by Gasteiger charge is -2.18. The molecule has 0 aromatic rings. The van der Waals surface area contributed by atoms with Crippen LogP contribution in [-0.4, -0.2) is 23.1 Å². The maximum atomic E-state index is 12.5. The molecule has 1 N–H and O–H groups in total. The zero-order valence-corrected chi connectivity index (χ0v) is 27.7. The molecule has 0 bridgehead atoms. The number of unbranched alkanes of at least 4 members (excludes halogenated alkanes) is 9. The van der Waals surface area contributed by atoms with E-state index in [4.69, 9.17) is 9.84 Å². The Balaban J connectivity index is 4.10. The van der Waals surface area contributed by atoms with Crippen molar-refractivity contribution in [3.05, 3.63) is 72.9 Å². The van der Waals surface area contributed by atoms with Crippen molar-refractivity contribution in [2.24, 2.45) is 0 Å². The molecule has 0 fully saturated rings. The van der Waals surface area contributed by atoms with E-state index >= 15 is 0 Å². The number of allylic oxidation sites excluding steroid dienone is 12. The van der Waals surface area contributed by atoms with E-state index in [0.717, 1.165) is 96.3 Å². The van der Waals surface area contributed by atoms with Crippen molar-refractivity contribution < 1.29 is 19.4 Å². The molecule has 0 saturated carbocycles. The highest BCUT2D eigenvalue weighted by molar-refractivity contribution is 5.69. The van der Waals surface area contributed by atoms with Crippen molar-refractivity contribution in [3.63, 3.8) is 0 Å². The van der Waals surface area contributed by atoms with E-state index < -0.39 is 5.97 Å². The molecule has 0 aliphatic heterocycles. The van der Waals surface area contributed by atoms with Gasteiger partial charge in [0.25, 0.3) is 0 Å². The van der Waals surface area contributed by atoms with Crippen molar-refractivity contribution in [2.75, 3.05) is 0 Å². The first-order chi connectivity index (χ1) is 21.1. The first-order valence-corrected chi connectivity index (χ1v) is 17.4. The summed E-state index contributed by atoms with van der Waals surface area (Å²) in [6, 6.07) is 0. The largest absolute Gasteiger partial charge is 0.481 e. The lowest BCUT2D eigenvalue weighted by atomic mass is 10.0. The van der Waals surface area contributed by atoms with Gasteiger partial charge in [-0.15, -0.1) is 0 Å². The summed E-state index contributed by atoms with van der Waals surface area (Å²) in [5.41, 5.74) is 0. The van der Waals surface area contributed by atoms with Gasteiger partial charge in [-0.1, -0.05) is 138 Å². The molecule has 1 atom stereocenters. The second-order valence-electron chi connectivity index (χ2n) is 11.3. The predicted octanol–water partition coefficient (Wildman–Crippen LogP) is 11.9. The van der Waals surface area contributed by atoms with Gasteiger partial charge in [-0.25, -0.2) is 0 Å². The Hall–Kier alpha value is -2.62. The number of hydrogen-bond donors (Lipinski definition) is 1. The molecule has 0 radical (unpaired) electrons. The van der Waals surface area contributed by atoms with Crippen LogP contribution in [0.25, 0.3) is 0 Å². The minimum atomic E-state index is -0.713. The highest BCUT2D eigenvalue weighted by Crippen LogP contribution is 2.18.